The van der Waals surface area contributed by atoms with E-state index < -0.39 is 6.10 Å². The molecular weight excluding hydrogens is 144 g/mol. The van der Waals surface area contributed by atoms with Crippen LogP contribution in [0.1, 0.15) is 11.7 Å². The summed E-state index contributed by atoms with van der Waals surface area (Å²) in [4.78, 5) is 0. The predicted molar refractivity (Wildman–Crippen MR) is 40.2 cm³/mol. The maximum Gasteiger partial charge on any atom is 0.121 e. The molecule has 0 bridgehead atoms. The van der Waals surface area contributed by atoms with Crippen molar-refractivity contribution in [3.63, 3.8) is 0 Å². The molecule has 1 aromatic rings. The molecule has 60 valence electrons. The average Bonchev–Trinajstić information content (AvgIpc) is 2.04. The van der Waals surface area contributed by atoms with Gasteiger partial charge in [-0.15, -0.1) is 0 Å². The van der Waals surface area contributed by atoms with Gasteiger partial charge in [0.1, 0.15) is 11.9 Å². The first-order valence-electron chi connectivity index (χ1n) is 3.32. The van der Waals surface area contributed by atoms with Crippen LogP contribution < -0.4 is 0 Å². The number of hydrogen-bond donors (Lipinski definition) is 3. The van der Waals surface area contributed by atoms with Crippen LogP contribution >= 0.6 is 0 Å². The largest absolute Gasteiger partial charge is 0.508 e. The van der Waals surface area contributed by atoms with Crippen LogP contribution in [-0.4, -0.2) is 21.9 Å². The molecule has 0 aliphatic heterocycles. The van der Waals surface area contributed by atoms with Crippen molar-refractivity contribution in [3.8, 4) is 5.75 Å². The SMILES string of the molecule is OCC(O)c1ccccc1O. The number of benzene rings is 1. The van der Waals surface area contributed by atoms with Crippen LogP contribution in [0.25, 0.3) is 0 Å². The summed E-state index contributed by atoms with van der Waals surface area (Å²) in [5, 5.41) is 26.8. The number of phenols is 1. The Morgan fingerprint density at radius 1 is 1.27 bits per heavy atom. The highest BCUT2D eigenvalue weighted by Crippen LogP contribution is 2.22. The third kappa shape index (κ3) is 1.69. The second kappa shape index (κ2) is 3.37. The van der Waals surface area contributed by atoms with Gasteiger partial charge in [-0.05, 0) is 6.07 Å². The lowest BCUT2D eigenvalue weighted by molar-refractivity contribution is 0.0935. The van der Waals surface area contributed by atoms with Gasteiger partial charge in [0.15, 0.2) is 0 Å². The van der Waals surface area contributed by atoms with Crippen LogP contribution in [0.5, 0.6) is 5.75 Å². The van der Waals surface area contributed by atoms with E-state index in [9.17, 15) is 0 Å². The third-order valence-corrected chi connectivity index (χ3v) is 1.47. The lowest BCUT2D eigenvalue weighted by atomic mass is 10.1. The minimum atomic E-state index is -0.990. The molecule has 0 saturated heterocycles. The summed E-state index contributed by atoms with van der Waals surface area (Å²) < 4.78 is 0. The van der Waals surface area contributed by atoms with E-state index >= 15 is 0 Å². The Balaban J connectivity index is 2.93. The molecule has 0 radical (unpaired) electrons. The summed E-state index contributed by atoms with van der Waals surface area (Å²) in [7, 11) is 0. The highest BCUT2D eigenvalue weighted by atomic mass is 16.3. The lowest BCUT2D eigenvalue weighted by Gasteiger charge is -2.08. The molecule has 0 spiro atoms. The zero-order valence-electron chi connectivity index (χ0n) is 5.94. The van der Waals surface area contributed by atoms with Gasteiger partial charge in [0.05, 0.1) is 6.61 Å². The summed E-state index contributed by atoms with van der Waals surface area (Å²) in [6, 6.07) is 6.38. The topological polar surface area (TPSA) is 60.7 Å². The van der Waals surface area contributed by atoms with Gasteiger partial charge in [0, 0.05) is 5.56 Å². The molecule has 0 amide bonds. The average molecular weight is 154 g/mol. The summed E-state index contributed by atoms with van der Waals surface area (Å²) in [5.41, 5.74) is 0.356. The van der Waals surface area contributed by atoms with E-state index in [4.69, 9.17) is 15.3 Å². The Bertz CT molecular complexity index is 235. The molecule has 1 rings (SSSR count). The molecule has 0 saturated carbocycles. The number of aromatic hydroxyl groups is 1. The summed E-state index contributed by atoms with van der Waals surface area (Å²) in [6.07, 6.45) is -0.990. The first kappa shape index (κ1) is 8.04. The molecule has 3 nitrogen and oxygen atoms in total. The molecule has 11 heavy (non-hydrogen) atoms. The standard InChI is InChI=1S/C8H10O3/c9-5-8(11)6-3-1-2-4-7(6)10/h1-4,8-11H,5H2. The Kier molecular flexibility index (Phi) is 2.46. The molecule has 3 heteroatoms. The molecule has 0 fully saturated rings. The van der Waals surface area contributed by atoms with Crippen LogP contribution in [0.2, 0.25) is 0 Å². The minimum absolute atomic E-state index is 0.00838. The maximum atomic E-state index is 9.14. The van der Waals surface area contributed by atoms with Crippen molar-refractivity contribution in [2.45, 2.75) is 6.10 Å². The smallest absolute Gasteiger partial charge is 0.121 e. The van der Waals surface area contributed by atoms with Gasteiger partial charge < -0.3 is 15.3 Å². The van der Waals surface area contributed by atoms with E-state index in [1.165, 1.54) is 6.07 Å². The molecule has 3 N–H and O–H groups in total. The number of phenolic OH excluding ortho intramolecular Hbond substituents is 1. The van der Waals surface area contributed by atoms with Gasteiger partial charge >= 0.3 is 0 Å². The normalized spacial score (nSPS) is 12.9. The minimum Gasteiger partial charge on any atom is -0.508 e. The van der Waals surface area contributed by atoms with Gasteiger partial charge in [-0.3, -0.25) is 0 Å². The highest BCUT2D eigenvalue weighted by Gasteiger charge is 2.08. The van der Waals surface area contributed by atoms with E-state index in [-0.39, 0.29) is 12.4 Å². The van der Waals surface area contributed by atoms with Crippen molar-refractivity contribution in [2.24, 2.45) is 0 Å². The van der Waals surface area contributed by atoms with E-state index in [0.29, 0.717) is 5.56 Å². The Hall–Kier alpha value is -1.06. The van der Waals surface area contributed by atoms with Crippen LogP contribution in [0.15, 0.2) is 24.3 Å². The van der Waals surface area contributed by atoms with E-state index in [0.717, 1.165) is 0 Å². The quantitative estimate of drug-likeness (QED) is 0.578. The van der Waals surface area contributed by atoms with Gasteiger partial charge in [-0.25, -0.2) is 0 Å². The molecule has 0 aliphatic carbocycles. The molecule has 0 aromatic heterocycles. The zero-order valence-corrected chi connectivity index (χ0v) is 5.94. The van der Waals surface area contributed by atoms with Gasteiger partial charge in [-0.2, -0.15) is 0 Å². The summed E-state index contributed by atoms with van der Waals surface area (Å²) >= 11 is 0. The molecular formula is C8H10O3. The Labute approximate surface area is 64.5 Å². The third-order valence-electron chi connectivity index (χ3n) is 1.47. The van der Waals surface area contributed by atoms with E-state index in [1.54, 1.807) is 18.2 Å². The lowest BCUT2D eigenvalue weighted by Crippen LogP contribution is -2.01. The van der Waals surface area contributed by atoms with Crippen molar-refractivity contribution in [1.29, 1.82) is 0 Å². The molecule has 0 aliphatic rings. The second-order valence-corrected chi connectivity index (χ2v) is 2.26. The monoisotopic (exact) mass is 154 g/mol. The second-order valence-electron chi connectivity index (χ2n) is 2.26. The van der Waals surface area contributed by atoms with Crippen molar-refractivity contribution in [1.82, 2.24) is 0 Å². The molecule has 1 aromatic carbocycles. The van der Waals surface area contributed by atoms with Gasteiger partial charge in [0.25, 0.3) is 0 Å². The Morgan fingerprint density at radius 2 is 1.91 bits per heavy atom. The van der Waals surface area contributed by atoms with Crippen LogP contribution in [0.3, 0.4) is 0 Å². The summed E-state index contributed by atoms with van der Waals surface area (Å²) in [6.45, 7) is -0.377. The van der Waals surface area contributed by atoms with Gasteiger partial charge in [-0.1, -0.05) is 18.2 Å². The fraction of sp³-hybridized carbons (Fsp3) is 0.250. The van der Waals surface area contributed by atoms with Crippen LogP contribution in [0.4, 0.5) is 0 Å². The van der Waals surface area contributed by atoms with Crippen molar-refractivity contribution in [3.05, 3.63) is 29.8 Å². The number of aliphatic hydroxyl groups is 2. The van der Waals surface area contributed by atoms with Gasteiger partial charge in [0.2, 0.25) is 0 Å². The maximum absolute atomic E-state index is 9.14. The van der Waals surface area contributed by atoms with E-state index in [1.807, 2.05) is 0 Å². The number of hydrogen-bond acceptors (Lipinski definition) is 3. The number of rotatable bonds is 2. The molecule has 1 atom stereocenters. The van der Waals surface area contributed by atoms with Crippen molar-refractivity contribution in [2.75, 3.05) is 6.61 Å². The van der Waals surface area contributed by atoms with Crippen LogP contribution in [0, 0.1) is 0 Å². The van der Waals surface area contributed by atoms with Crippen molar-refractivity contribution >= 4 is 0 Å². The number of aliphatic hydroxyl groups excluding tert-OH is 2. The predicted octanol–water partition coefficient (Wildman–Crippen LogP) is 0.418. The first-order chi connectivity index (χ1) is 5.25. The summed E-state index contributed by atoms with van der Waals surface area (Å²) in [5.74, 6) is 0.00838. The molecule has 0 heterocycles. The van der Waals surface area contributed by atoms with Crippen LogP contribution in [-0.2, 0) is 0 Å². The van der Waals surface area contributed by atoms with Crippen molar-refractivity contribution < 1.29 is 15.3 Å². The highest BCUT2D eigenvalue weighted by molar-refractivity contribution is 5.33. The first-order valence-corrected chi connectivity index (χ1v) is 3.32. The fourth-order valence-electron chi connectivity index (χ4n) is 0.868. The van der Waals surface area contributed by atoms with E-state index in [2.05, 4.69) is 0 Å². The number of para-hydroxylation sites is 1. The zero-order chi connectivity index (χ0) is 8.27. The molecule has 1 unspecified atom stereocenters. The fourth-order valence-corrected chi connectivity index (χ4v) is 0.868. The Morgan fingerprint density at radius 3 is 2.45 bits per heavy atom.